The molecule has 2 amide bonds. The first-order chi connectivity index (χ1) is 36.3. The van der Waals surface area contributed by atoms with Crippen LogP contribution in [0.1, 0.15) is 218 Å². The van der Waals surface area contributed by atoms with E-state index < -0.39 is 12.2 Å². The molecule has 2 N–H and O–H groups in total. The van der Waals surface area contributed by atoms with E-state index in [-0.39, 0.29) is 25.2 Å². The number of alkyl carbamates (subject to hydrolysis) is 2. The van der Waals surface area contributed by atoms with Crippen LogP contribution in [0.25, 0.3) is 0 Å². The maximum absolute atomic E-state index is 12.3. The van der Waals surface area contributed by atoms with Crippen LogP contribution in [0, 0.1) is 0 Å². The third-order valence-electron chi connectivity index (χ3n) is 13.6. The van der Waals surface area contributed by atoms with Gasteiger partial charge in [0.15, 0.2) is 0 Å². The minimum absolute atomic E-state index is 0.141. The molecule has 0 saturated carbocycles. The lowest BCUT2D eigenvalue weighted by Gasteiger charge is -2.34. The molecule has 0 bridgehead atoms. The summed E-state index contributed by atoms with van der Waals surface area (Å²) in [4.78, 5) is 54.2. The number of nitrogens with zero attached hydrogens (tertiary/aromatic N) is 2. The number of carbonyl (C=O) groups is 4. The number of allylic oxidation sites excluding steroid dienone is 4. The molecule has 12 heteroatoms. The van der Waals surface area contributed by atoms with Gasteiger partial charge in [0, 0.05) is 52.1 Å². The lowest BCUT2D eigenvalue weighted by atomic mass is 10.1. The normalized spacial score (nSPS) is 13.1. The third-order valence-corrected chi connectivity index (χ3v) is 13.6. The Morgan fingerprint density at radius 2 is 0.730 bits per heavy atom. The molecule has 2 aromatic carbocycles. The van der Waals surface area contributed by atoms with E-state index in [2.05, 4.69) is 58.6 Å². The van der Waals surface area contributed by atoms with Gasteiger partial charge >= 0.3 is 24.1 Å². The molecule has 0 aromatic heterocycles. The van der Waals surface area contributed by atoms with Crippen molar-refractivity contribution in [1.82, 2.24) is 20.4 Å². The van der Waals surface area contributed by atoms with Crippen molar-refractivity contribution in [3.63, 3.8) is 0 Å². The number of benzene rings is 2. The second-order valence-corrected chi connectivity index (χ2v) is 20.3. The van der Waals surface area contributed by atoms with Gasteiger partial charge in [0.2, 0.25) is 0 Å². The van der Waals surface area contributed by atoms with Crippen molar-refractivity contribution >= 4 is 24.1 Å². The van der Waals surface area contributed by atoms with Crippen molar-refractivity contribution in [1.29, 1.82) is 0 Å². The van der Waals surface area contributed by atoms with Crippen LogP contribution in [0.2, 0.25) is 0 Å². The lowest BCUT2D eigenvalue weighted by Crippen LogP contribution is -2.47. The largest absolute Gasteiger partial charge is 0.445 e. The summed E-state index contributed by atoms with van der Waals surface area (Å²) in [6, 6.07) is 14.2. The molecule has 74 heavy (non-hydrogen) atoms. The summed E-state index contributed by atoms with van der Waals surface area (Å²) in [7, 11) is 0. The predicted octanol–water partition coefficient (Wildman–Crippen LogP) is 15.1. The summed E-state index contributed by atoms with van der Waals surface area (Å²) in [5.41, 5.74) is 1.65. The van der Waals surface area contributed by atoms with E-state index in [9.17, 15) is 19.2 Å². The maximum Gasteiger partial charge on any atom is 0.407 e. The summed E-state index contributed by atoms with van der Waals surface area (Å²) in [6.45, 7) is 11.5. The van der Waals surface area contributed by atoms with E-state index >= 15 is 0 Å². The average Bonchev–Trinajstić information content (AvgIpc) is 3.41. The first-order valence-electron chi connectivity index (χ1n) is 29.5. The molecule has 0 unspecified atom stereocenters. The van der Waals surface area contributed by atoms with E-state index in [0.29, 0.717) is 37.4 Å². The minimum atomic E-state index is -0.449. The van der Waals surface area contributed by atoms with Crippen molar-refractivity contribution in [2.75, 3.05) is 52.4 Å². The number of rotatable bonds is 44. The predicted molar refractivity (Wildman–Crippen MR) is 302 cm³/mol. The molecule has 0 aliphatic carbocycles. The molecule has 416 valence electrons. The Labute approximate surface area is 448 Å². The first-order valence-corrected chi connectivity index (χ1v) is 29.5. The fourth-order valence-electron chi connectivity index (χ4n) is 8.98. The van der Waals surface area contributed by atoms with Crippen LogP contribution in [-0.2, 0) is 32.3 Å². The molecule has 1 heterocycles. The van der Waals surface area contributed by atoms with Gasteiger partial charge < -0.3 is 39.4 Å². The molecule has 12 nitrogen and oxygen atoms in total. The van der Waals surface area contributed by atoms with Gasteiger partial charge in [0.1, 0.15) is 24.7 Å². The summed E-state index contributed by atoms with van der Waals surface area (Å²) in [5.74, 6) is 0.578. The summed E-state index contributed by atoms with van der Waals surface area (Å²) >= 11 is 0. The van der Waals surface area contributed by atoms with Gasteiger partial charge in [0.25, 0.3) is 0 Å². The first kappa shape index (κ1) is 63.6. The summed E-state index contributed by atoms with van der Waals surface area (Å²) < 4.78 is 21.8. The van der Waals surface area contributed by atoms with Crippen LogP contribution >= 0.6 is 0 Å². The molecule has 0 radical (unpaired) electrons. The second-order valence-electron chi connectivity index (χ2n) is 20.3. The quantitative estimate of drug-likeness (QED) is 0.0286. The zero-order chi connectivity index (χ0) is 52.8. The molecule has 0 spiro atoms. The number of esters is 2. The Bertz CT molecular complexity index is 1650. The molecule has 0 atom stereocenters. The van der Waals surface area contributed by atoms with Crippen LogP contribution < -0.4 is 20.1 Å². The van der Waals surface area contributed by atoms with Crippen LogP contribution in [0.15, 0.2) is 72.8 Å². The van der Waals surface area contributed by atoms with E-state index in [1.54, 1.807) is 24.3 Å². The van der Waals surface area contributed by atoms with Crippen LogP contribution in [0.4, 0.5) is 9.59 Å². The smallest absolute Gasteiger partial charge is 0.407 e. The zero-order valence-electron chi connectivity index (χ0n) is 46.4. The van der Waals surface area contributed by atoms with Crippen LogP contribution in [0.5, 0.6) is 11.5 Å². The van der Waals surface area contributed by atoms with Crippen LogP contribution in [-0.4, -0.2) is 86.3 Å². The van der Waals surface area contributed by atoms with Crippen molar-refractivity contribution in [3.8, 4) is 11.5 Å². The van der Waals surface area contributed by atoms with Gasteiger partial charge in [0.05, 0.1) is 0 Å². The minimum Gasteiger partial charge on any atom is -0.445 e. The van der Waals surface area contributed by atoms with E-state index in [1.807, 2.05) is 24.3 Å². The second kappa shape index (κ2) is 44.6. The van der Waals surface area contributed by atoms with Crippen molar-refractivity contribution in [2.45, 2.75) is 220 Å². The van der Waals surface area contributed by atoms with E-state index in [4.69, 9.17) is 18.9 Å². The maximum atomic E-state index is 12.3. The Hall–Kier alpha value is -4.68. The van der Waals surface area contributed by atoms with Gasteiger partial charge in [-0.1, -0.05) is 165 Å². The van der Waals surface area contributed by atoms with Crippen molar-refractivity contribution < 1.29 is 38.1 Å². The summed E-state index contributed by atoms with van der Waals surface area (Å²) in [6.07, 6.45) is 42.7. The highest BCUT2D eigenvalue weighted by molar-refractivity contribution is 5.73. The molecule has 2 aromatic rings. The Balaban J connectivity index is 1.08. The monoisotopic (exact) mass is 1030 g/mol. The highest BCUT2D eigenvalue weighted by Gasteiger charge is 2.17. The molecule has 3 rings (SSSR count). The van der Waals surface area contributed by atoms with Gasteiger partial charge in [-0.25, -0.2) is 9.59 Å². The van der Waals surface area contributed by atoms with Crippen molar-refractivity contribution in [3.05, 3.63) is 84.0 Å². The van der Waals surface area contributed by atoms with E-state index in [0.717, 1.165) is 115 Å². The molecular weight excluding hydrogens is 929 g/mol. The molecule has 1 saturated heterocycles. The summed E-state index contributed by atoms with van der Waals surface area (Å²) in [5, 5.41) is 5.70. The van der Waals surface area contributed by atoms with Gasteiger partial charge in [-0.05, 0) is 126 Å². The average molecular weight is 1030 g/mol. The number of hydrogen-bond donors (Lipinski definition) is 2. The number of piperazine rings is 1. The topological polar surface area (TPSA) is 136 Å². The van der Waals surface area contributed by atoms with Gasteiger partial charge in [-0.2, -0.15) is 0 Å². The number of ether oxygens (including phenoxy) is 4. The number of nitrogens with one attached hydrogen (secondary N) is 2. The number of carbonyl (C=O) groups excluding carboxylic acids is 4. The highest BCUT2D eigenvalue weighted by atomic mass is 16.6. The van der Waals surface area contributed by atoms with E-state index in [1.165, 1.54) is 116 Å². The highest BCUT2D eigenvalue weighted by Crippen LogP contribution is 2.18. The lowest BCUT2D eigenvalue weighted by molar-refractivity contribution is -0.135. The Morgan fingerprint density at radius 1 is 0.419 bits per heavy atom. The Kier molecular flexibility index (Phi) is 38.3. The van der Waals surface area contributed by atoms with Gasteiger partial charge in [-0.15, -0.1) is 0 Å². The molecule has 1 aliphatic rings. The number of unbranched alkanes of at least 4 members (excludes halogenated alkanes) is 22. The number of amides is 2. The van der Waals surface area contributed by atoms with Crippen molar-refractivity contribution in [2.24, 2.45) is 0 Å². The number of hydrogen-bond acceptors (Lipinski definition) is 10. The zero-order valence-corrected chi connectivity index (χ0v) is 46.4. The standard InChI is InChI=1S/C62H100N4O8/c1-3-5-7-9-11-13-15-17-19-21-23-25-27-29-31-35-59(67)73-57-41-37-55(38-42-57)53-71-61(69)63-45-33-47-65-49-51-66(52-50-65)48-34-46-64-62(70)72-54-56-39-43-58(44-40-56)74-60(68)36-32-30-28-26-24-22-20-18-16-14-12-10-8-6-4-2/h17-20,37-44H,3-16,21-36,45-54H2,1-2H3,(H,63,69)(H,64,70)/b19-17-,20-18-. The fraction of sp³-hybridized carbons (Fsp3) is 0.677. The van der Waals surface area contributed by atoms with Gasteiger partial charge in [-0.3, -0.25) is 9.59 Å². The Morgan fingerprint density at radius 3 is 1.07 bits per heavy atom. The SMILES string of the molecule is CCCCCCCC/C=C\CCCCCCCC(=O)Oc1ccc(COC(=O)NCCCN2CCN(CCCNC(=O)OCc3ccc(OC(=O)CCCCCCC/C=C\CCCCCCCC)cc3)CC2)cc1. The molecule has 1 aliphatic heterocycles. The third kappa shape index (κ3) is 35.5. The fourth-order valence-corrected chi connectivity index (χ4v) is 8.98. The molecular formula is C62H100N4O8. The molecule has 1 fully saturated rings. The van der Waals surface area contributed by atoms with Crippen LogP contribution in [0.3, 0.4) is 0 Å².